The predicted molar refractivity (Wildman–Crippen MR) is 129 cm³/mol. The highest BCUT2D eigenvalue weighted by atomic mass is 16.5. The fourth-order valence-electron chi connectivity index (χ4n) is 4.49. The van der Waals surface area contributed by atoms with E-state index < -0.39 is 0 Å². The Bertz CT molecular complexity index is 1120. The van der Waals surface area contributed by atoms with Crippen molar-refractivity contribution in [3.05, 3.63) is 30.4 Å². The van der Waals surface area contributed by atoms with E-state index in [1.807, 2.05) is 12.4 Å². The number of carbonyl (C=O) groups is 1. The molecule has 1 aliphatic carbocycles. The van der Waals surface area contributed by atoms with Crippen LogP contribution >= 0.6 is 0 Å². The van der Waals surface area contributed by atoms with Crippen LogP contribution in [0.1, 0.15) is 48.6 Å². The van der Waals surface area contributed by atoms with Gasteiger partial charge in [0.2, 0.25) is 5.95 Å². The van der Waals surface area contributed by atoms with Gasteiger partial charge in [-0.05, 0) is 37.9 Å². The van der Waals surface area contributed by atoms with Crippen molar-refractivity contribution in [2.45, 2.75) is 38.1 Å². The summed E-state index contributed by atoms with van der Waals surface area (Å²) >= 11 is 0. The monoisotopic (exact) mass is 465 g/mol. The SMILES string of the molecule is NCCCNc1nc(Nc2ccc(C(=O)N3CCOCC3)nc2)c2ncn(C3CCCC3)c2n1. The molecule has 2 aliphatic rings. The first kappa shape index (κ1) is 22.5. The molecular weight excluding hydrogens is 434 g/mol. The van der Waals surface area contributed by atoms with E-state index in [-0.39, 0.29) is 5.91 Å². The molecule has 34 heavy (non-hydrogen) atoms. The molecule has 3 aromatic rings. The van der Waals surface area contributed by atoms with Crippen molar-refractivity contribution in [3.63, 3.8) is 0 Å². The second-order valence-electron chi connectivity index (χ2n) is 8.69. The molecule has 11 nitrogen and oxygen atoms in total. The molecule has 1 saturated heterocycles. The van der Waals surface area contributed by atoms with Crippen LogP contribution in [0.3, 0.4) is 0 Å². The Hall–Kier alpha value is -3.31. The number of nitrogens with one attached hydrogen (secondary N) is 2. The fourth-order valence-corrected chi connectivity index (χ4v) is 4.49. The molecule has 1 aliphatic heterocycles. The van der Waals surface area contributed by atoms with Gasteiger partial charge in [-0.15, -0.1) is 0 Å². The van der Waals surface area contributed by atoms with Gasteiger partial charge < -0.3 is 30.6 Å². The third-order valence-electron chi connectivity index (χ3n) is 6.35. The second-order valence-corrected chi connectivity index (χ2v) is 8.69. The van der Waals surface area contributed by atoms with Gasteiger partial charge in [0.15, 0.2) is 17.0 Å². The van der Waals surface area contributed by atoms with Crippen molar-refractivity contribution in [2.24, 2.45) is 5.73 Å². The van der Waals surface area contributed by atoms with Crippen LogP contribution < -0.4 is 16.4 Å². The lowest BCUT2D eigenvalue weighted by Gasteiger charge is -2.26. The van der Waals surface area contributed by atoms with Gasteiger partial charge >= 0.3 is 0 Å². The van der Waals surface area contributed by atoms with Crippen molar-refractivity contribution in [2.75, 3.05) is 50.0 Å². The molecular formula is C23H31N9O2. The Morgan fingerprint density at radius 3 is 2.71 bits per heavy atom. The topological polar surface area (TPSA) is 136 Å². The van der Waals surface area contributed by atoms with Gasteiger partial charge in [-0.25, -0.2) is 9.97 Å². The van der Waals surface area contributed by atoms with E-state index in [1.54, 1.807) is 17.2 Å². The molecule has 4 heterocycles. The summed E-state index contributed by atoms with van der Waals surface area (Å²) in [6, 6.07) is 3.98. The minimum Gasteiger partial charge on any atom is -0.378 e. The number of imidazole rings is 1. The number of hydrogen-bond acceptors (Lipinski definition) is 9. The average Bonchev–Trinajstić information content (AvgIpc) is 3.55. The molecule has 180 valence electrons. The first-order valence-electron chi connectivity index (χ1n) is 12.0. The van der Waals surface area contributed by atoms with Gasteiger partial charge in [0.05, 0.1) is 31.4 Å². The molecule has 0 radical (unpaired) electrons. The van der Waals surface area contributed by atoms with E-state index in [2.05, 4.69) is 30.2 Å². The molecule has 1 saturated carbocycles. The lowest BCUT2D eigenvalue weighted by molar-refractivity contribution is 0.0299. The van der Waals surface area contributed by atoms with Gasteiger partial charge in [-0.2, -0.15) is 9.97 Å². The number of fused-ring (bicyclic) bond motifs is 1. The van der Waals surface area contributed by atoms with Crippen LogP contribution in [-0.4, -0.2) is 74.7 Å². The average molecular weight is 466 g/mol. The van der Waals surface area contributed by atoms with Gasteiger partial charge in [0, 0.05) is 25.7 Å². The number of ether oxygens (including phenoxy) is 1. The van der Waals surface area contributed by atoms with Crippen LogP contribution in [0.25, 0.3) is 11.2 Å². The van der Waals surface area contributed by atoms with Gasteiger partial charge in [-0.1, -0.05) is 12.8 Å². The number of morpholine rings is 1. The number of rotatable bonds is 8. The molecule has 4 N–H and O–H groups in total. The van der Waals surface area contributed by atoms with Crippen LogP contribution in [0.2, 0.25) is 0 Å². The van der Waals surface area contributed by atoms with Crippen molar-refractivity contribution in [3.8, 4) is 0 Å². The summed E-state index contributed by atoms with van der Waals surface area (Å²) in [6.45, 7) is 3.58. The largest absolute Gasteiger partial charge is 0.378 e. The number of carbonyl (C=O) groups excluding carboxylic acids is 1. The number of aromatic nitrogens is 5. The summed E-state index contributed by atoms with van der Waals surface area (Å²) < 4.78 is 7.50. The minimum atomic E-state index is -0.0824. The summed E-state index contributed by atoms with van der Waals surface area (Å²) in [5, 5.41) is 6.60. The van der Waals surface area contributed by atoms with Gasteiger partial charge in [-0.3, -0.25) is 4.79 Å². The summed E-state index contributed by atoms with van der Waals surface area (Å²) in [4.78, 5) is 32.9. The normalized spacial score (nSPS) is 16.8. The van der Waals surface area contributed by atoms with Crippen molar-refractivity contribution in [1.82, 2.24) is 29.4 Å². The van der Waals surface area contributed by atoms with E-state index in [0.717, 1.165) is 30.6 Å². The summed E-state index contributed by atoms with van der Waals surface area (Å²) in [6.07, 6.45) is 9.07. The highest BCUT2D eigenvalue weighted by Gasteiger charge is 2.23. The van der Waals surface area contributed by atoms with Gasteiger partial charge in [0.1, 0.15) is 5.69 Å². The predicted octanol–water partition coefficient (Wildman–Crippen LogP) is 2.31. The Kier molecular flexibility index (Phi) is 6.82. The fraction of sp³-hybridized carbons (Fsp3) is 0.522. The molecule has 5 rings (SSSR count). The molecule has 0 atom stereocenters. The first-order chi connectivity index (χ1) is 16.7. The number of nitrogens with two attached hydrogens (primary N) is 1. The lowest BCUT2D eigenvalue weighted by Crippen LogP contribution is -2.41. The Balaban J connectivity index is 1.40. The van der Waals surface area contributed by atoms with Crippen LogP contribution in [0.15, 0.2) is 24.7 Å². The minimum absolute atomic E-state index is 0.0824. The molecule has 0 unspecified atom stereocenters. The van der Waals surface area contributed by atoms with Crippen LogP contribution in [0, 0.1) is 0 Å². The number of hydrogen-bond donors (Lipinski definition) is 3. The van der Waals surface area contributed by atoms with E-state index in [9.17, 15) is 4.79 Å². The van der Waals surface area contributed by atoms with Crippen molar-refractivity contribution >= 4 is 34.5 Å². The van der Waals surface area contributed by atoms with E-state index >= 15 is 0 Å². The van der Waals surface area contributed by atoms with Crippen molar-refractivity contribution < 1.29 is 9.53 Å². The Morgan fingerprint density at radius 2 is 1.97 bits per heavy atom. The molecule has 11 heteroatoms. The molecule has 0 spiro atoms. The smallest absolute Gasteiger partial charge is 0.272 e. The summed E-state index contributed by atoms with van der Waals surface area (Å²) in [7, 11) is 0. The standard InChI is InChI=1S/C23H31N9O2/c24-8-3-9-25-23-29-20(19-21(30-23)32(15-27-19)17-4-1-2-5-17)28-16-6-7-18(26-14-16)22(33)31-10-12-34-13-11-31/h6-7,14-15,17H,1-5,8-13,24H2,(H2,25,28,29,30). The highest BCUT2D eigenvalue weighted by molar-refractivity contribution is 5.93. The molecule has 1 amide bonds. The van der Waals surface area contributed by atoms with Crippen LogP contribution in [-0.2, 0) is 4.74 Å². The maximum absolute atomic E-state index is 12.7. The number of amides is 1. The maximum Gasteiger partial charge on any atom is 0.272 e. The van der Waals surface area contributed by atoms with E-state index in [4.69, 9.17) is 15.5 Å². The maximum atomic E-state index is 12.7. The van der Waals surface area contributed by atoms with Gasteiger partial charge in [0.25, 0.3) is 5.91 Å². The quantitative estimate of drug-likeness (QED) is 0.428. The Morgan fingerprint density at radius 1 is 1.15 bits per heavy atom. The van der Waals surface area contributed by atoms with E-state index in [0.29, 0.717) is 68.4 Å². The zero-order valence-electron chi connectivity index (χ0n) is 19.2. The highest BCUT2D eigenvalue weighted by Crippen LogP contribution is 2.33. The molecule has 0 bridgehead atoms. The van der Waals surface area contributed by atoms with E-state index in [1.165, 1.54) is 12.8 Å². The molecule has 3 aromatic heterocycles. The summed E-state index contributed by atoms with van der Waals surface area (Å²) in [5.41, 5.74) is 8.30. The first-order valence-corrected chi connectivity index (χ1v) is 12.0. The lowest BCUT2D eigenvalue weighted by atomic mass is 10.2. The molecule has 2 fully saturated rings. The molecule has 0 aromatic carbocycles. The second kappa shape index (κ2) is 10.3. The Labute approximate surface area is 198 Å². The number of anilines is 3. The zero-order valence-corrected chi connectivity index (χ0v) is 19.2. The third kappa shape index (κ3) is 4.80. The third-order valence-corrected chi connectivity index (χ3v) is 6.35. The number of nitrogens with zero attached hydrogens (tertiary/aromatic N) is 6. The summed E-state index contributed by atoms with van der Waals surface area (Å²) in [5.74, 6) is 1.06. The zero-order chi connectivity index (χ0) is 23.3. The van der Waals surface area contributed by atoms with Crippen LogP contribution in [0.5, 0.6) is 0 Å². The van der Waals surface area contributed by atoms with Crippen molar-refractivity contribution in [1.29, 1.82) is 0 Å². The number of pyridine rings is 1. The van der Waals surface area contributed by atoms with Crippen LogP contribution in [0.4, 0.5) is 17.5 Å².